The molecular formula is C23H31N7OS2. The number of hydrogen-bond acceptors (Lipinski definition) is 9. The number of benzene rings is 1. The summed E-state index contributed by atoms with van der Waals surface area (Å²) in [5, 5.41) is 4.26. The third-order valence-corrected chi connectivity index (χ3v) is 8.06. The molecule has 3 heterocycles. The summed E-state index contributed by atoms with van der Waals surface area (Å²) in [5.41, 5.74) is 2.75. The molecule has 10 heteroatoms. The molecule has 1 aliphatic rings. The zero-order valence-electron chi connectivity index (χ0n) is 19.2. The molecule has 3 aromatic rings. The molecule has 8 nitrogen and oxygen atoms in total. The van der Waals surface area contributed by atoms with Gasteiger partial charge in [0.05, 0.1) is 13.1 Å². The molecule has 0 radical (unpaired) electrons. The van der Waals surface area contributed by atoms with E-state index < -0.39 is 11.2 Å². The average molecular weight is 486 g/mol. The van der Waals surface area contributed by atoms with Crippen molar-refractivity contribution in [3.05, 3.63) is 42.2 Å². The van der Waals surface area contributed by atoms with E-state index in [0.717, 1.165) is 53.8 Å². The van der Waals surface area contributed by atoms with Gasteiger partial charge in [-0.05, 0) is 18.7 Å². The summed E-state index contributed by atoms with van der Waals surface area (Å²) in [5.74, 6) is 3.49. The molecule has 1 N–H and O–H groups in total. The minimum Gasteiger partial charge on any atom is -0.616 e. The number of fused-ring (bicyclic) bond motifs is 1. The highest BCUT2D eigenvalue weighted by Gasteiger charge is 2.24. The van der Waals surface area contributed by atoms with Crippen molar-refractivity contribution in [2.24, 2.45) is 0 Å². The highest BCUT2D eigenvalue weighted by atomic mass is 32.2. The van der Waals surface area contributed by atoms with E-state index in [1.165, 1.54) is 5.56 Å². The molecule has 1 aliphatic heterocycles. The van der Waals surface area contributed by atoms with Gasteiger partial charge < -0.3 is 19.7 Å². The minimum atomic E-state index is -0.758. The van der Waals surface area contributed by atoms with Crippen LogP contribution in [0.15, 0.2) is 41.7 Å². The second-order valence-electron chi connectivity index (χ2n) is 7.81. The fourth-order valence-corrected chi connectivity index (χ4v) is 5.71. The van der Waals surface area contributed by atoms with E-state index in [1.807, 2.05) is 18.2 Å². The topological polar surface area (TPSA) is 93.1 Å². The molecule has 1 aromatic carbocycles. The van der Waals surface area contributed by atoms with Crippen LogP contribution >= 0.6 is 11.8 Å². The van der Waals surface area contributed by atoms with Crippen LogP contribution in [-0.4, -0.2) is 80.2 Å². The maximum Gasteiger partial charge on any atom is 0.225 e. The quantitative estimate of drug-likeness (QED) is 0.264. The Kier molecular flexibility index (Phi) is 8.60. The number of rotatable bonds is 10. The Labute approximate surface area is 202 Å². The Balaban J connectivity index is 1.63. The normalized spacial score (nSPS) is 14.8. The van der Waals surface area contributed by atoms with Crippen LogP contribution in [0.25, 0.3) is 11.0 Å². The lowest BCUT2D eigenvalue weighted by Gasteiger charge is -2.29. The van der Waals surface area contributed by atoms with E-state index in [9.17, 15) is 4.55 Å². The van der Waals surface area contributed by atoms with Gasteiger partial charge in [-0.2, -0.15) is 4.98 Å². The predicted molar refractivity (Wildman–Crippen MR) is 137 cm³/mol. The van der Waals surface area contributed by atoms with Crippen molar-refractivity contribution in [2.45, 2.75) is 24.6 Å². The smallest absolute Gasteiger partial charge is 0.225 e. The Bertz CT molecular complexity index is 1030. The van der Waals surface area contributed by atoms with Crippen molar-refractivity contribution in [1.82, 2.24) is 24.8 Å². The van der Waals surface area contributed by atoms with E-state index >= 15 is 0 Å². The van der Waals surface area contributed by atoms with Gasteiger partial charge in [-0.3, -0.25) is 0 Å². The summed E-state index contributed by atoms with van der Waals surface area (Å²) < 4.78 is 11.9. The summed E-state index contributed by atoms with van der Waals surface area (Å²) in [7, 11) is 0. The minimum absolute atomic E-state index is 0.590. The zero-order chi connectivity index (χ0) is 23.0. The third-order valence-electron chi connectivity index (χ3n) is 5.73. The van der Waals surface area contributed by atoms with Crippen molar-refractivity contribution >= 4 is 45.7 Å². The molecule has 4 rings (SSSR count). The Morgan fingerprint density at radius 1 is 1.06 bits per heavy atom. The van der Waals surface area contributed by atoms with Crippen LogP contribution in [0.3, 0.4) is 0 Å². The standard InChI is InChI=1S/C23H31N7OS2/c1-3-29(4-2)11-10-24-23-27-20-19(21(28-23)30-12-14-33(31)15-13-30)25-17-26-22(20)32-16-18-8-6-5-7-9-18/h5-9,17H,3-4,10-16H2,1-2H3,(H,24,27,28). The number of nitrogens with zero attached hydrogens (tertiary/aromatic N) is 6. The molecule has 0 spiro atoms. The largest absolute Gasteiger partial charge is 0.616 e. The molecule has 0 atom stereocenters. The van der Waals surface area contributed by atoms with Gasteiger partial charge in [-0.1, -0.05) is 67.1 Å². The Morgan fingerprint density at radius 3 is 2.55 bits per heavy atom. The molecule has 0 saturated carbocycles. The molecule has 0 unspecified atom stereocenters. The van der Waals surface area contributed by atoms with Crippen molar-refractivity contribution < 1.29 is 4.55 Å². The first-order valence-electron chi connectivity index (χ1n) is 11.4. The average Bonchev–Trinajstić information content (AvgIpc) is 2.86. The molecule has 1 fully saturated rings. The first-order valence-corrected chi connectivity index (χ1v) is 13.9. The van der Waals surface area contributed by atoms with Gasteiger partial charge >= 0.3 is 0 Å². The van der Waals surface area contributed by atoms with Crippen LogP contribution in [0, 0.1) is 0 Å². The van der Waals surface area contributed by atoms with Crippen molar-refractivity contribution in [1.29, 1.82) is 0 Å². The van der Waals surface area contributed by atoms with Crippen LogP contribution in [0.1, 0.15) is 19.4 Å². The lowest BCUT2D eigenvalue weighted by Crippen LogP contribution is -2.41. The number of likely N-dealkylation sites (N-methyl/N-ethyl adjacent to an activating group) is 1. The van der Waals surface area contributed by atoms with Crippen LogP contribution in [0.5, 0.6) is 0 Å². The van der Waals surface area contributed by atoms with Gasteiger partial charge in [0.25, 0.3) is 0 Å². The van der Waals surface area contributed by atoms with E-state index in [-0.39, 0.29) is 0 Å². The maximum atomic E-state index is 11.9. The first kappa shape index (κ1) is 24.0. The molecular weight excluding hydrogens is 454 g/mol. The van der Waals surface area contributed by atoms with E-state index in [0.29, 0.717) is 30.5 Å². The van der Waals surface area contributed by atoms with Gasteiger partial charge in [0.15, 0.2) is 5.82 Å². The molecule has 0 aliphatic carbocycles. The van der Waals surface area contributed by atoms with Gasteiger partial charge in [-0.15, -0.1) is 0 Å². The van der Waals surface area contributed by atoms with Crippen LogP contribution in [-0.2, 0) is 16.9 Å². The first-order chi connectivity index (χ1) is 16.2. The summed E-state index contributed by atoms with van der Waals surface area (Å²) in [6, 6.07) is 10.4. The third kappa shape index (κ3) is 6.26. The summed E-state index contributed by atoms with van der Waals surface area (Å²) in [6.07, 6.45) is 1.60. The molecule has 2 aromatic heterocycles. The molecule has 176 valence electrons. The Hall–Kier alpha value is -2.14. The number of anilines is 2. The summed E-state index contributed by atoms with van der Waals surface area (Å²) >= 11 is 0.901. The second kappa shape index (κ2) is 11.8. The lowest BCUT2D eigenvalue weighted by atomic mass is 10.2. The van der Waals surface area contributed by atoms with Crippen molar-refractivity contribution in [2.75, 3.05) is 61.0 Å². The predicted octanol–water partition coefficient (Wildman–Crippen LogP) is 3.03. The van der Waals surface area contributed by atoms with Gasteiger partial charge in [-0.25, -0.2) is 15.0 Å². The lowest BCUT2D eigenvalue weighted by molar-refractivity contribution is 0.316. The number of aromatic nitrogens is 4. The molecule has 33 heavy (non-hydrogen) atoms. The van der Waals surface area contributed by atoms with Crippen molar-refractivity contribution in [3.63, 3.8) is 0 Å². The monoisotopic (exact) mass is 485 g/mol. The van der Waals surface area contributed by atoms with Crippen LogP contribution < -0.4 is 10.2 Å². The van der Waals surface area contributed by atoms with E-state index in [1.54, 1.807) is 18.1 Å². The Morgan fingerprint density at radius 2 is 1.82 bits per heavy atom. The number of hydrogen-bond donors (Lipinski definition) is 1. The van der Waals surface area contributed by atoms with Gasteiger partial charge in [0, 0.05) is 18.8 Å². The van der Waals surface area contributed by atoms with Crippen molar-refractivity contribution in [3.8, 4) is 0 Å². The number of nitrogens with one attached hydrogen (secondary N) is 1. The molecule has 0 bridgehead atoms. The van der Waals surface area contributed by atoms with Crippen LogP contribution in [0.4, 0.5) is 11.8 Å². The maximum absolute atomic E-state index is 11.9. The van der Waals surface area contributed by atoms with Gasteiger partial charge in [0.1, 0.15) is 33.9 Å². The SMILES string of the molecule is CCN(CC)CCNc1nc(N2CC[S+]([O-])CC2)c2ncnc(SCc3ccccc3)c2n1. The van der Waals surface area contributed by atoms with E-state index in [4.69, 9.17) is 9.97 Å². The molecule has 0 amide bonds. The number of thioether (sulfide) groups is 1. The highest BCUT2D eigenvalue weighted by Crippen LogP contribution is 2.31. The van der Waals surface area contributed by atoms with Crippen LogP contribution in [0.2, 0.25) is 0 Å². The fraction of sp³-hybridized carbons (Fsp3) is 0.478. The summed E-state index contributed by atoms with van der Waals surface area (Å²) in [6.45, 7) is 9.46. The fourth-order valence-electron chi connectivity index (χ4n) is 3.76. The van der Waals surface area contributed by atoms with E-state index in [2.05, 4.69) is 51.1 Å². The van der Waals surface area contributed by atoms with Gasteiger partial charge in [0.2, 0.25) is 5.95 Å². The zero-order valence-corrected chi connectivity index (χ0v) is 20.9. The summed E-state index contributed by atoms with van der Waals surface area (Å²) in [4.78, 5) is 23.3. The molecule has 1 saturated heterocycles. The highest BCUT2D eigenvalue weighted by molar-refractivity contribution is 7.98. The second-order valence-corrected chi connectivity index (χ2v) is 10.5.